The highest BCUT2D eigenvalue weighted by Crippen LogP contribution is 2.18. The first kappa shape index (κ1) is 17.6. The van der Waals surface area contributed by atoms with E-state index >= 15 is 0 Å². The van der Waals surface area contributed by atoms with Crippen molar-refractivity contribution in [2.75, 3.05) is 12.3 Å². The molecule has 0 aliphatic carbocycles. The van der Waals surface area contributed by atoms with Gasteiger partial charge in [-0.05, 0) is 42.7 Å². The number of nitrogen functional groups attached to an aromatic ring is 1. The van der Waals surface area contributed by atoms with Crippen LogP contribution in [0.4, 0.5) is 10.2 Å². The molecule has 1 aromatic carbocycles. The van der Waals surface area contributed by atoms with Crippen molar-refractivity contribution in [3.63, 3.8) is 0 Å². The molecule has 0 saturated carbocycles. The van der Waals surface area contributed by atoms with Crippen LogP contribution in [0.2, 0.25) is 0 Å². The van der Waals surface area contributed by atoms with Crippen molar-refractivity contribution in [1.82, 2.24) is 9.97 Å². The van der Waals surface area contributed by atoms with Crippen LogP contribution in [0.1, 0.15) is 27.6 Å². The predicted molar refractivity (Wildman–Crippen MR) is 88.1 cm³/mol. The standard InChI is InChI=1S/C16H14FN3O3S/c1-2-23-15(22)12-9-19-16(20-14(12)18)24-8-7-13(21)10-3-5-11(17)6-4-10/h3-9H,2H2,1H3,(H2,18,19,20)/b8-7+. The van der Waals surface area contributed by atoms with Crippen molar-refractivity contribution >= 4 is 29.3 Å². The van der Waals surface area contributed by atoms with E-state index in [2.05, 4.69) is 9.97 Å². The zero-order valence-electron chi connectivity index (χ0n) is 12.7. The molecule has 1 heterocycles. The molecule has 0 unspecified atom stereocenters. The summed E-state index contributed by atoms with van der Waals surface area (Å²) in [5.74, 6) is -1.27. The first-order valence-electron chi connectivity index (χ1n) is 6.94. The second kappa shape index (κ2) is 8.21. The number of anilines is 1. The summed E-state index contributed by atoms with van der Waals surface area (Å²) in [6.45, 7) is 1.91. The molecule has 2 rings (SSSR count). The molecule has 8 heteroatoms. The van der Waals surface area contributed by atoms with Crippen LogP contribution in [0.5, 0.6) is 0 Å². The average Bonchev–Trinajstić information content (AvgIpc) is 2.55. The monoisotopic (exact) mass is 347 g/mol. The van der Waals surface area contributed by atoms with Gasteiger partial charge in [0, 0.05) is 11.8 Å². The number of allylic oxidation sites excluding steroid dienone is 1. The number of esters is 1. The van der Waals surface area contributed by atoms with Crippen LogP contribution in [0.25, 0.3) is 0 Å². The Morgan fingerprint density at radius 2 is 2.04 bits per heavy atom. The van der Waals surface area contributed by atoms with Gasteiger partial charge in [-0.2, -0.15) is 0 Å². The summed E-state index contributed by atoms with van der Waals surface area (Å²) < 4.78 is 17.6. The summed E-state index contributed by atoms with van der Waals surface area (Å²) in [5.41, 5.74) is 6.15. The lowest BCUT2D eigenvalue weighted by molar-refractivity contribution is 0.0526. The Bertz CT molecular complexity index is 779. The zero-order valence-corrected chi connectivity index (χ0v) is 13.5. The second-order valence-electron chi connectivity index (χ2n) is 4.46. The van der Waals surface area contributed by atoms with E-state index in [0.717, 1.165) is 11.8 Å². The number of nitrogens with zero attached hydrogens (tertiary/aromatic N) is 2. The van der Waals surface area contributed by atoms with E-state index in [1.54, 1.807) is 6.92 Å². The zero-order chi connectivity index (χ0) is 17.5. The number of carbonyl (C=O) groups excluding carboxylic acids is 2. The first-order chi connectivity index (χ1) is 11.5. The van der Waals surface area contributed by atoms with Crippen LogP contribution in [0.15, 0.2) is 47.1 Å². The predicted octanol–water partition coefficient (Wildman–Crippen LogP) is 2.86. The number of hydrogen-bond acceptors (Lipinski definition) is 7. The molecular formula is C16H14FN3O3S. The second-order valence-corrected chi connectivity index (χ2v) is 5.34. The molecule has 6 nitrogen and oxygen atoms in total. The van der Waals surface area contributed by atoms with E-state index in [9.17, 15) is 14.0 Å². The van der Waals surface area contributed by atoms with Gasteiger partial charge in [0.2, 0.25) is 0 Å². The lowest BCUT2D eigenvalue weighted by Crippen LogP contribution is -2.10. The third kappa shape index (κ3) is 4.63. The van der Waals surface area contributed by atoms with Crippen LogP contribution < -0.4 is 5.73 Å². The lowest BCUT2D eigenvalue weighted by Gasteiger charge is -2.04. The quantitative estimate of drug-likeness (QED) is 0.282. The fourth-order valence-electron chi connectivity index (χ4n) is 1.67. The van der Waals surface area contributed by atoms with E-state index in [4.69, 9.17) is 10.5 Å². The van der Waals surface area contributed by atoms with Gasteiger partial charge in [0.25, 0.3) is 0 Å². The Labute approximate surface area is 141 Å². The minimum absolute atomic E-state index is 0.00390. The first-order valence-corrected chi connectivity index (χ1v) is 7.82. The molecule has 0 saturated heterocycles. The average molecular weight is 347 g/mol. The Balaban J connectivity index is 2.01. The summed E-state index contributed by atoms with van der Waals surface area (Å²) >= 11 is 1.06. The van der Waals surface area contributed by atoms with Gasteiger partial charge in [0.15, 0.2) is 10.9 Å². The topological polar surface area (TPSA) is 95.2 Å². The van der Waals surface area contributed by atoms with Gasteiger partial charge in [-0.25, -0.2) is 19.2 Å². The molecule has 1 aromatic heterocycles. The number of nitrogens with two attached hydrogens (primary N) is 1. The maximum absolute atomic E-state index is 12.8. The largest absolute Gasteiger partial charge is 0.462 e. The van der Waals surface area contributed by atoms with E-state index in [1.165, 1.54) is 41.9 Å². The minimum Gasteiger partial charge on any atom is -0.462 e. The number of carbonyl (C=O) groups is 2. The molecule has 0 radical (unpaired) electrons. The number of hydrogen-bond donors (Lipinski definition) is 1. The molecule has 0 atom stereocenters. The van der Waals surface area contributed by atoms with E-state index < -0.39 is 11.8 Å². The maximum atomic E-state index is 12.8. The van der Waals surface area contributed by atoms with E-state index in [0.29, 0.717) is 5.56 Å². The molecule has 24 heavy (non-hydrogen) atoms. The van der Waals surface area contributed by atoms with Gasteiger partial charge in [0.05, 0.1) is 6.61 Å². The van der Waals surface area contributed by atoms with Gasteiger partial charge >= 0.3 is 5.97 Å². The van der Waals surface area contributed by atoms with E-state index in [-0.39, 0.29) is 28.9 Å². The van der Waals surface area contributed by atoms with Crippen LogP contribution in [0, 0.1) is 5.82 Å². The number of benzene rings is 1. The molecule has 2 N–H and O–H groups in total. The van der Waals surface area contributed by atoms with Gasteiger partial charge in [-0.3, -0.25) is 4.79 Å². The normalized spacial score (nSPS) is 10.8. The highest BCUT2D eigenvalue weighted by atomic mass is 32.2. The van der Waals surface area contributed by atoms with Crippen molar-refractivity contribution in [3.05, 3.63) is 58.9 Å². The van der Waals surface area contributed by atoms with Gasteiger partial charge in [-0.1, -0.05) is 11.8 Å². The van der Waals surface area contributed by atoms with Gasteiger partial charge < -0.3 is 10.5 Å². The Morgan fingerprint density at radius 1 is 1.33 bits per heavy atom. The SMILES string of the molecule is CCOC(=O)c1cnc(S/C=C/C(=O)c2ccc(F)cc2)nc1N. The van der Waals surface area contributed by atoms with Crippen LogP contribution in [-0.2, 0) is 4.74 Å². The van der Waals surface area contributed by atoms with Crippen molar-refractivity contribution in [1.29, 1.82) is 0 Å². The molecule has 0 aliphatic rings. The summed E-state index contributed by atoms with van der Waals surface area (Å²) in [6.07, 6.45) is 2.59. The number of halogens is 1. The smallest absolute Gasteiger partial charge is 0.343 e. The van der Waals surface area contributed by atoms with Gasteiger partial charge in [-0.15, -0.1) is 0 Å². The summed E-state index contributed by atoms with van der Waals surface area (Å²) in [6, 6.07) is 5.23. The Kier molecular flexibility index (Phi) is 6.02. The lowest BCUT2D eigenvalue weighted by atomic mass is 10.1. The summed E-state index contributed by atoms with van der Waals surface area (Å²) in [5, 5.41) is 1.77. The molecular weight excluding hydrogens is 333 g/mol. The minimum atomic E-state index is -0.589. The highest BCUT2D eigenvalue weighted by Gasteiger charge is 2.13. The van der Waals surface area contributed by atoms with Crippen LogP contribution in [-0.4, -0.2) is 28.3 Å². The Morgan fingerprint density at radius 3 is 2.67 bits per heavy atom. The third-order valence-corrected chi connectivity index (χ3v) is 3.49. The number of ketones is 1. The molecule has 0 fully saturated rings. The molecule has 2 aromatic rings. The third-order valence-electron chi connectivity index (χ3n) is 2.81. The number of ether oxygens (including phenoxy) is 1. The van der Waals surface area contributed by atoms with Crippen LogP contribution in [0.3, 0.4) is 0 Å². The fourth-order valence-corrected chi connectivity index (χ4v) is 2.25. The Hall–Kier alpha value is -2.74. The number of rotatable bonds is 6. The number of aromatic nitrogens is 2. The summed E-state index contributed by atoms with van der Waals surface area (Å²) in [7, 11) is 0. The van der Waals surface area contributed by atoms with Crippen molar-refractivity contribution in [2.45, 2.75) is 12.1 Å². The van der Waals surface area contributed by atoms with Crippen molar-refractivity contribution in [2.24, 2.45) is 0 Å². The van der Waals surface area contributed by atoms with Gasteiger partial charge in [0.1, 0.15) is 17.2 Å². The molecule has 124 valence electrons. The molecule has 0 amide bonds. The molecule has 0 spiro atoms. The van der Waals surface area contributed by atoms with Crippen molar-refractivity contribution < 1.29 is 18.7 Å². The number of thioether (sulfide) groups is 1. The van der Waals surface area contributed by atoms with Crippen LogP contribution >= 0.6 is 11.8 Å². The molecule has 0 aliphatic heterocycles. The van der Waals surface area contributed by atoms with E-state index in [1.807, 2.05) is 0 Å². The highest BCUT2D eigenvalue weighted by molar-refractivity contribution is 8.02. The maximum Gasteiger partial charge on any atom is 0.343 e. The fraction of sp³-hybridized carbons (Fsp3) is 0.125. The van der Waals surface area contributed by atoms with Crippen molar-refractivity contribution in [3.8, 4) is 0 Å². The molecule has 0 bridgehead atoms. The summed E-state index contributed by atoms with van der Waals surface area (Å²) in [4.78, 5) is 31.4.